The van der Waals surface area contributed by atoms with Gasteiger partial charge in [-0.05, 0) is 25.3 Å². The lowest BCUT2D eigenvalue weighted by Gasteiger charge is -1.95. The topological polar surface area (TPSA) is 12.0 Å². The molecular weight excluding hydrogens is 130 g/mol. The number of hydrogen-bond acceptors (Lipinski definition) is 2. The minimum atomic E-state index is 1.19. The summed E-state index contributed by atoms with van der Waals surface area (Å²) in [6.45, 7) is 4.31. The molecule has 0 radical (unpaired) electrons. The Morgan fingerprint density at radius 1 is 1.67 bits per heavy atom. The van der Waals surface area contributed by atoms with Crippen LogP contribution >= 0.6 is 11.9 Å². The van der Waals surface area contributed by atoms with Gasteiger partial charge in [-0.2, -0.15) is 0 Å². The summed E-state index contributed by atoms with van der Waals surface area (Å²) in [6.07, 6.45) is 4.68. The highest BCUT2D eigenvalue weighted by molar-refractivity contribution is 8.01. The number of nitrogens with one attached hydrogen (secondary N) is 1. The second kappa shape index (κ2) is 6.17. The molecule has 0 atom stereocenters. The maximum absolute atomic E-state index is 3.02. The van der Waals surface area contributed by atoms with Gasteiger partial charge >= 0.3 is 0 Å². The van der Waals surface area contributed by atoms with Crippen LogP contribution in [0.5, 0.6) is 0 Å². The highest BCUT2D eigenvalue weighted by Crippen LogP contribution is 2.09. The molecule has 1 N–H and O–H groups in total. The van der Waals surface area contributed by atoms with Gasteiger partial charge in [-0.15, -0.1) is 0 Å². The molecule has 0 aliphatic rings. The van der Waals surface area contributed by atoms with E-state index in [2.05, 4.69) is 24.6 Å². The van der Waals surface area contributed by atoms with Crippen LogP contribution in [0.3, 0.4) is 0 Å². The maximum atomic E-state index is 3.02. The van der Waals surface area contributed by atoms with E-state index in [1.165, 1.54) is 17.7 Å². The van der Waals surface area contributed by atoms with Crippen LogP contribution in [0.25, 0.3) is 0 Å². The standard InChI is InChI=1S/C7H15NS/c1-4-5-6-7(2)9-8-3/h6,8H,4-5H2,1-3H3/b7-6-. The summed E-state index contributed by atoms with van der Waals surface area (Å²) in [5, 5.41) is 0. The van der Waals surface area contributed by atoms with Gasteiger partial charge in [0.05, 0.1) is 0 Å². The first-order chi connectivity index (χ1) is 4.31. The van der Waals surface area contributed by atoms with Crippen LogP contribution in [0.4, 0.5) is 0 Å². The van der Waals surface area contributed by atoms with Gasteiger partial charge in [0.15, 0.2) is 0 Å². The molecule has 0 bridgehead atoms. The quantitative estimate of drug-likeness (QED) is 0.610. The van der Waals surface area contributed by atoms with Crippen LogP contribution in [0.2, 0.25) is 0 Å². The number of allylic oxidation sites excluding steroid dienone is 2. The molecule has 1 nitrogen and oxygen atoms in total. The number of unbranched alkanes of at least 4 members (excludes halogenated alkanes) is 1. The van der Waals surface area contributed by atoms with Gasteiger partial charge in [0.25, 0.3) is 0 Å². The fraction of sp³-hybridized carbons (Fsp3) is 0.714. The predicted molar refractivity (Wildman–Crippen MR) is 45.3 cm³/mol. The summed E-state index contributed by atoms with van der Waals surface area (Å²) >= 11 is 1.68. The Bertz CT molecular complexity index is 88.9. The molecule has 0 saturated carbocycles. The smallest absolute Gasteiger partial charge is 0.00532 e. The Hall–Kier alpha value is 0.0500. The van der Waals surface area contributed by atoms with E-state index in [-0.39, 0.29) is 0 Å². The van der Waals surface area contributed by atoms with E-state index in [4.69, 9.17) is 0 Å². The molecule has 0 unspecified atom stereocenters. The number of rotatable bonds is 4. The Morgan fingerprint density at radius 2 is 2.33 bits per heavy atom. The lowest BCUT2D eigenvalue weighted by molar-refractivity contribution is 0.955. The summed E-state index contributed by atoms with van der Waals surface area (Å²) in [5.41, 5.74) is 0. The predicted octanol–water partition coefficient (Wildman–Crippen LogP) is 2.56. The fourth-order valence-electron chi connectivity index (χ4n) is 0.550. The van der Waals surface area contributed by atoms with E-state index in [1.807, 2.05) is 7.05 Å². The summed E-state index contributed by atoms with van der Waals surface area (Å²) in [7, 11) is 1.94. The molecule has 0 heterocycles. The molecule has 0 saturated heterocycles. The van der Waals surface area contributed by atoms with Crippen molar-refractivity contribution in [1.29, 1.82) is 0 Å². The molecule has 0 aliphatic carbocycles. The van der Waals surface area contributed by atoms with Crippen LogP contribution < -0.4 is 4.72 Å². The molecule has 0 aliphatic heterocycles. The van der Waals surface area contributed by atoms with Crippen molar-refractivity contribution in [2.75, 3.05) is 7.05 Å². The van der Waals surface area contributed by atoms with Gasteiger partial charge < -0.3 is 0 Å². The first-order valence-corrected chi connectivity index (χ1v) is 4.13. The van der Waals surface area contributed by atoms with Gasteiger partial charge in [0.2, 0.25) is 0 Å². The van der Waals surface area contributed by atoms with Crippen molar-refractivity contribution in [3.8, 4) is 0 Å². The Labute approximate surface area is 62.0 Å². The first-order valence-electron chi connectivity index (χ1n) is 3.31. The fourth-order valence-corrected chi connectivity index (χ4v) is 1.07. The van der Waals surface area contributed by atoms with Crippen LogP contribution in [-0.2, 0) is 0 Å². The second-order valence-electron chi connectivity index (χ2n) is 1.91. The molecule has 0 spiro atoms. The monoisotopic (exact) mass is 145 g/mol. The normalized spacial score (nSPS) is 12.1. The van der Waals surface area contributed by atoms with Crippen molar-refractivity contribution >= 4 is 11.9 Å². The number of hydrogen-bond donors (Lipinski definition) is 1. The van der Waals surface area contributed by atoms with E-state index in [1.54, 1.807) is 11.9 Å². The van der Waals surface area contributed by atoms with Gasteiger partial charge in [-0.3, -0.25) is 4.72 Å². The summed E-state index contributed by atoms with van der Waals surface area (Å²) in [5.74, 6) is 0. The van der Waals surface area contributed by atoms with Gasteiger partial charge in [0.1, 0.15) is 0 Å². The minimum absolute atomic E-state index is 1.19. The minimum Gasteiger partial charge on any atom is -0.263 e. The zero-order valence-corrected chi connectivity index (χ0v) is 7.22. The van der Waals surface area contributed by atoms with Crippen LogP contribution in [0.15, 0.2) is 11.0 Å². The average molecular weight is 145 g/mol. The summed E-state index contributed by atoms with van der Waals surface area (Å²) < 4.78 is 3.02. The third kappa shape index (κ3) is 5.93. The Kier molecular flexibility index (Phi) is 6.21. The molecule has 0 aromatic carbocycles. The van der Waals surface area contributed by atoms with Gasteiger partial charge in [0, 0.05) is 0 Å². The van der Waals surface area contributed by atoms with Crippen molar-refractivity contribution in [1.82, 2.24) is 4.72 Å². The highest BCUT2D eigenvalue weighted by atomic mass is 32.2. The molecule has 0 fully saturated rings. The van der Waals surface area contributed by atoms with Crippen LogP contribution in [0.1, 0.15) is 26.7 Å². The third-order valence-corrected chi connectivity index (χ3v) is 1.68. The third-order valence-electron chi connectivity index (χ3n) is 0.984. The zero-order chi connectivity index (χ0) is 7.11. The van der Waals surface area contributed by atoms with Gasteiger partial charge in [-0.1, -0.05) is 31.4 Å². The molecule has 9 heavy (non-hydrogen) atoms. The lowest BCUT2D eigenvalue weighted by Crippen LogP contribution is -1.89. The molecule has 0 amide bonds. The van der Waals surface area contributed by atoms with E-state index >= 15 is 0 Å². The molecule has 0 aromatic rings. The Balaban J connectivity index is 3.30. The van der Waals surface area contributed by atoms with Crippen LogP contribution in [0, 0.1) is 0 Å². The van der Waals surface area contributed by atoms with Crippen LogP contribution in [-0.4, -0.2) is 7.05 Å². The second-order valence-corrected chi connectivity index (χ2v) is 3.17. The van der Waals surface area contributed by atoms with E-state index in [9.17, 15) is 0 Å². The van der Waals surface area contributed by atoms with Crippen molar-refractivity contribution in [2.45, 2.75) is 26.7 Å². The molecular formula is C7H15NS. The lowest BCUT2D eigenvalue weighted by atomic mass is 10.3. The van der Waals surface area contributed by atoms with E-state index < -0.39 is 0 Å². The Morgan fingerprint density at radius 3 is 2.78 bits per heavy atom. The van der Waals surface area contributed by atoms with E-state index in [0.29, 0.717) is 0 Å². The highest BCUT2D eigenvalue weighted by Gasteiger charge is 1.84. The molecule has 0 aromatic heterocycles. The van der Waals surface area contributed by atoms with Crippen molar-refractivity contribution < 1.29 is 0 Å². The van der Waals surface area contributed by atoms with Crippen molar-refractivity contribution in [2.24, 2.45) is 0 Å². The zero-order valence-electron chi connectivity index (χ0n) is 6.40. The maximum Gasteiger partial charge on any atom is -0.00532 e. The molecule has 2 heteroatoms. The van der Waals surface area contributed by atoms with E-state index in [0.717, 1.165) is 0 Å². The first kappa shape index (κ1) is 9.05. The van der Waals surface area contributed by atoms with Gasteiger partial charge in [-0.25, -0.2) is 0 Å². The van der Waals surface area contributed by atoms with Crippen molar-refractivity contribution in [3.63, 3.8) is 0 Å². The van der Waals surface area contributed by atoms with Crippen molar-refractivity contribution in [3.05, 3.63) is 11.0 Å². The average Bonchev–Trinajstić information content (AvgIpc) is 1.85. The summed E-state index contributed by atoms with van der Waals surface area (Å²) in [6, 6.07) is 0. The largest absolute Gasteiger partial charge is 0.263 e. The molecule has 54 valence electrons. The summed E-state index contributed by atoms with van der Waals surface area (Å²) in [4.78, 5) is 1.36. The molecule has 0 rings (SSSR count). The SMILES string of the molecule is CCC/C=C(/C)SNC.